The number of ether oxygens (including phenoxy) is 1. The molecule has 0 aromatic heterocycles. The molecule has 1 aromatic carbocycles. The standard InChI is InChI=1S/C11H7Cl2N3O/c12-8-1-2-11(9(13)3-8)17-6-10(16)7(4-14)5-15/h1-3H,6,16H2. The van der Waals surface area contributed by atoms with Crippen LogP contribution in [0.2, 0.25) is 10.0 Å². The Labute approximate surface area is 108 Å². The summed E-state index contributed by atoms with van der Waals surface area (Å²) in [7, 11) is 0. The highest BCUT2D eigenvalue weighted by atomic mass is 35.5. The normalized spacial score (nSPS) is 8.94. The molecule has 0 aliphatic carbocycles. The van der Waals surface area contributed by atoms with Crippen LogP contribution in [0.3, 0.4) is 0 Å². The molecule has 0 heterocycles. The maximum Gasteiger partial charge on any atom is 0.151 e. The summed E-state index contributed by atoms with van der Waals surface area (Å²) in [4.78, 5) is 0. The Bertz CT molecular complexity index is 525. The van der Waals surface area contributed by atoms with Crippen molar-refractivity contribution in [3.63, 3.8) is 0 Å². The van der Waals surface area contributed by atoms with E-state index in [1.165, 1.54) is 6.07 Å². The highest BCUT2D eigenvalue weighted by molar-refractivity contribution is 6.35. The highest BCUT2D eigenvalue weighted by Crippen LogP contribution is 2.27. The SMILES string of the molecule is N#CC(C#N)=C(N)COc1ccc(Cl)cc1Cl. The van der Waals surface area contributed by atoms with E-state index in [0.29, 0.717) is 15.8 Å². The van der Waals surface area contributed by atoms with Gasteiger partial charge < -0.3 is 10.5 Å². The Kier molecular flexibility index (Phi) is 4.66. The summed E-state index contributed by atoms with van der Waals surface area (Å²) in [5, 5.41) is 18.0. The highest BCUT2D eigenvalue weighted by Gasteiger charge is 2.06. The van der Waals surface area contributed by atoms with Gasteiger partial charge in [0.1, 0.15) is 24.5 Å². The number of benzene rings is 1. The van der Waals surface area contributed by atoms with E-state index in [4.69, 9.17) is 44.2 Å². The van der Waals surface area contributed by atoms with Crippen LogP contribution < -0.4 is 10.5 Å². The monoisotopic (exact) mass is 267 g/mol. The second-order valence-corrected chi connectivity index (χ2v) is 3.83. The van der Waals surface area contributed by atoms with Gasteiger partial charge in [-0.05, 0) is 18.2 Å². The Morgan fingerprint density at radius 2 is 1.94 bits per heavy atom. The van der Waals surface area contributed by atoms with Gasteiger partial charge in [-0.25, -0.2) is 0 Å². The van der Waals surface area contributed by atoms with Crippen molar-refractivity contribution in [1.29, 1.82) is 10.5 Å². The van der Waals surface area contributed by atoms with Crippen LogP contribution in [0.15, 0.2) is 29.5 Å². The molecule has 2 N–H and O–H groups in total. The number of rotatable bonds is 3. The molecule has 0 amide bonds. The summed E-state index contributed by atoms with van der Waals surface area (Å²) in [5.41, 5.74) is 5.39. The van der Waals surface area contributed by atoms with Gasteiger partial charge in [-0.2, -0.15) is 10.5 Å². The van der Waals surface area contributed by atoms with Gasteiger partial charge in [-0.1, -0.05) is 23.2 Å². The van der Waals surface area contributed by atoms with Crippen molar-refractivity contribution in [2.24, 2.45) is 5.73 Å². The minimum absolute atomic E-state index is 0.0565. The fourth-order valence-corrected chi connectivity index (χ4v) is 1.45. The molecule has 0 aliphatic rings. The van der Waals surface area contributed by atoms with Crippen LogP contribution >= 0.6 is 23.2 Å². The van der Waals surface area contributed by atoms with Gasteiger partial charge in [0, 0.05) is 5.02 Å². The van der Waals surface area contributed by atoms with Gasteiger partial charge in [-0.15, -0.1) is 0 Å². The molecule has 0 fully saturated rings. The third-order valence-corrected chi connectivity index (χ3v) is 2.35. The first kappa shape index (κ1) is 13.2. The molecule has 0 spiro atoms. The number of nitrogens with zero attached hydrogens (tertiary/aromatic N) is 2. The lowest BCUT2D eigenvalue weighted by molar-refractivity contribution is 0.350. The average molecular weight is 268 g/mol. The molecule has 0 atom stereocenters. The van der Waals surface area contributed by atoms with Crippen molar-refractivity contribution in [3.05, 3.63) is 39.5 Å². The predicted octanol–water partition coefficient (Wildman–Crippen LogP) is 2.63. The summed E-state index contributed by atoms with van der Waals surface area (Å²) in [6, 6.07) is 8.05. The van der Waals surface area contributed by atoms with E-state index in [9.17, 15) is 0 Å². The number of halogens is 2. The van der Waals surface area contributed by atoms with E-state index in [0.717, 1.165) is 0 Å². The lowest BCUT2D eigenvalue weighted by Crippen LogP contribution is -2.11. The van der Waals surface area contributed by atoms with Crippen molar-refractivity contribution in [2.45, 2.75) is 0 Å². The number of allylic oxidation sites excluding steroid dienone is 1. The van der Waals surface area contributed by atoms with Crippen LogP contribution in [-0.2, 0) is 0 Å². The van der Waals surface area contributed by atoms with Gasteiger partial charge in [0.25, 0.3) is 0 Å². The second kappa shape index (κ2) is 6.00. The molecular formula is C11H7Cl2N3O. The predicted molar refractivity (Wildman–Crippen MR) is 64.4 cm³/mol. The second-order valence-electron chi connectivity index (χ2n) is 2.99. The number of hydrogen-bond acceptors (Lipinski definition) is 4. The third-order valence-electron chi connectivity index (χ3n) is 1.82. The number of nitriles is 2. The maximum absolute atomic E-state index is 8.58. The van der Waals surface area contributed by atoms with Gasteiger partial charge in [0.15, 0.2) is 5.57 Å². The molecule has 0 unspecified atom stereocenters. The minimum atomic E-state index is -0.171. The van der Waals surface area contributed by atoms with Gasteiger partial charge in [0.05, 0.1) is 10.7 Å². The fraction of sp³-hybridized carbons (Fsp3) is 0.0909. The van der Waals surface area contributed by atoms with Gasteiger partial charge in [0.2, 0.25) is 0 Å². The molecule has 4 nitrogen and oxygen atoms in total. The van der Waals surface area contributed by atoms with Crippen molar-refractivity contribution in [3.8, 4) is 17.9 Å². The molecule has 86 valence electrons. The average Bonchev–Trinajstić information content (AvgIpc) is 2.29. The summed E-state index contributed by atoms with van der Waals surface area (Å²) in [6.07, 6.45) is 0. The van der Waals surface area contributed by atoms with E-state index in [-0.39, 0.29) is 17.9 Å². The minimum Gasteiger partial charge on any atom is -0.486 e. The Morgan fingerprint density at radius 1 is 1.29 bits per heavy atom. The van der Waals surface area contributed by atoms with E-state index < -0.39 is 0 Å². The summed E-state index contributed by atoms with van der Waals surface area (Å²) >= 11 is 11.6. The van der Waals surface area contributed by atoms with E-state index in [1.54, 1.807) is 24.3 Å². The topological polar surface area (TPSA) is 82.8 Å². The fourth-order valence-electron chi connectivity index (χ4n) is 0.989. The molecular weight excluding hydrogens is 261 g/mol. The first-order valence-electron chi connectivity index (χ1n) is 4.45. The van der Waals surface area contributed by atoms with E-state index >= 15 is 0 Å². The quantitative estimate of drug-likeness (QED) is 0.854. The van der Waals surface area contributed by atoms with Crippen LogP contribution in [0, 0.1) is 22.7 Å². The number of hydrogen-bond donors (Lipinski definition) is 1. The molecule has 0 radical (unpaired) electrons. The lowest BCUT2D eigenvalue weighted by Gasteiger charge is -2.08. The summed E-state index contributed by atoms with van der Waals surface area (Å²) in [5.74, 6) is 0.384. The maximum atomic E-state index is 8.58. The zero-order valence-corrected chi connectivity index (χ0v) is 10.1. The molecule has 0 aliphatic heterocycles. The van der Waals surface area contributed by atoms with Crippen molar-refractivity contribution >= 4 is 23.2 Å². The van der Waals surface area contributed by atoms with Gasteiger partial charge in [-0.3, -0.25) is 0 Å². The van der Waals surface area contributed by atoms with Crippen molar-refractivity contribution in [1.82, 2.24) is 0 Å². The largest absolute Gasteiger partial charge is 0.486 e. The van der Waals surface area contributed by atoms with E-state index in [2.05, 4.69) is 0 Å². The summed E-state index contributed by atoms with van der Waals surface area (Å²) < 4.78 is 5.26. The Morgan fingerprint density at radius 3 is 2.47 bits per heavy atom. The smallest absolute Gasteiger partial charge is 0.151 e. The van der Waals surface area contributed by atoms with Crippen LogP contribution in [0.5, 0.6) is 5.75 Å². The third kappa shape index (κ3) is 3.57. The van der Waals surface area contributed by atoms with Crippen LogP contribution in [0.25, 0.3) is 0 Å². The number of nitrogens with two attached hydrogens (primary N) is 1. The Balaban J connectivity index is 2.79. The summed E-state index contributed by atoms with van der Waals surface area (Å²) in [6.45, 7) is -0.0855. The van der Waals surface area contributed by atoms with Crippen molar-refractivity contribution in [2.75, 3.05) is 6.61 Å². The molecule has 0 saturated carbocycles. The van der Waals surface area contributed by atoms with Crippen molar-refractivity contribution < 1.29 is 4.74 Å². The van der Waals surface area contributed by atoms with Crippen LogP contribution in [0.4, 0.5) is 0 Å². The first-order chi connectivity index (χ1) is 8.08. The molecule has 6 heteroatoms. The van der Waals surface area contributed by atoms with Crippen LogP contribution in [-0.4, -0.2) is 6.61 Å². The van der Waals surface area contributed by atoms with Crippen LogP contribution in [0.1, 0.15) is 0 Å². The zero-order chi connectivity index (χ0) is 12.8. The molecule has 1 aromatic rings. The van der Waals surface area contributed by atoms with E-state index in [1.807, 2.05) is 0 Å². The molecule has 17 heavy (non-hydrogen) atoms. The first-order valence-corrected chi connectivity index (χ1v) is 5.20. The Hall–Kier alpha value is -1.88. The molecule has 0 saturated heterocycles. The lowest BCUT2D eigenvalue weighted by atomic mass is 10.2. The molecule has 0 bridgehead atoms. The zero-order valence-electron chi connectivity index (χ0n) is 8.58. The van der Waals surface area contributed by atoms with Gasteiger partial charge >= 0.3 is 0 Å². The molecule has 1 rings (SSSR count).